The molecule has 0 spiro atoms. The predicted octanol–water partition coefficient (Wildman–Crippen LogP) is 0.519. The Labute approximate surface area is 96.3 Å². The largest absolute Gasteiger partial charge is 0.355 e. The molecule has 1 amide bonds. The summed E-state index contributed by atoms with van der Waals surface area (Å²) in [5, 5.41) is 6.01. The molecule has 1 rings (SSSR count). The number of carbonyl (C=O) groups excluding carboxylic acids is 1. The van der Waals surface area contributed by atoms with Gasteiger partial charge in [0.2, 0.25) is 5.91 Å². The molecule has 0 aliphatic rings. The average molecular weight is 224 g/mol. The molecular formula is C11H20N4O. The van der Waals surface area contributed by atoms with Gasteiger partial charge in [-0.15, -0.1) is 0 Å². The Bertz CT molecular complexity index is 322. The summed E-state index contributed by atoms with van der Waals surface area (Å²) in [5.41, 5.74) is 1.18. The van der Waals surface area contributed by atoms with Gasteiger partial charge in [0.1, 0.15) is 0 Å². The van der Waals surface area contributed by atoms with E-state index in [0.717, 1.165) is 26.1 Å². The lowest BCUT2D eigenvalue weighted by molar-refractivity contribution is -0.118. The van der Waals surface area contributed by atoms with Gasteiger partial charge >= 0.3 is 0 Å². The lowest BCUT2D eigenvalue weighted by Crippen LogP contribution is -2.30. The van der Waals surface area contributed by atoms with Crippen LogP contribution >= 0.6 is 0 Å². The molecule has 5 nitrogen and oxygen atoms in total. The first kappa shape index (κ1) is 12.7. The zero-order chi connectivity index (χ0) is 11.8. The molecule has 1 aromatic rings. The number of imidazole rings is 1. The molecular weight excluding hydrogens is 204 g/mol. The predicted molar refractivity (Wildman–Crippen MR) is 62.9 cm³/mol. The van der Waals surface area contributed by atoms with Crippen LogP contribution in [0, 0.1) is 0 Å². The summed E-state index contributed by atoms with van der Waals surface area (Å²) in [7, 11) is 0. The highest BCUT2D eigenvalue weighted by Crippen LogP contribution is 1.99. The summed E-state index contributed by atoms with van der Waals surface area (Å²) in [6.45, 7) is 6.90. The highest BCUT2D eigenvalue weighted by Gasteiger charge is 2.00. The zero-order valence-corrected chi connectivity index (χ0v) is 9.99. The van der Waals surface area contributed by atoms with E-state index in [1.807, 2.05) is 12.5 Å². The van der Waals surface area contributed by atoms with Crippen LogP contribution in [-0.4, -0.2) is 28.5 Å². The minimum atomic E-state index is 0.0119. The first-order valence-corrected chi connectivity index (χ1v) is 5.68. The Kier molecular flexibility index (Phi) is 5.56. The van der Waals surface area contributed by atoms with Crippen molar-refractivity contribution in [1.82, 2.24) is 20.2 Å². The summed E-state index contributed by atoms with van der Waals surface area (Å²) in [6.07, 6.45) is 4.84. The van der Waals surface area contributed by atoms with Crippen molar-refractivity contribution in [2.75, 3.05) is 13.1 Å². The first-order valence-electron chi connectivity index (χ1n) is 5.68. The second-order valence-electron chi connectivity index (χ2n) is 3.74. The number of aromatic nitrogens is 2. The standard InChI is InChI=1S/C11H20N4O/c1-3-6-15-9-13-8-11(15)7-12-4-5-14-10(2)16/h8-9,12H,3-7H2,1-2H3,(H,14,16). The van der Waals surface area contributed by atoms with Crippen molar-refractivity contribution in [2.45, 2.75) is 33.4 Å². The van der Waals surface area contributed by atoms with Crippen LogP contribution in [0.4, 0.5) is 0 Å². The molecule has 2 N–H and O–H groups in total. The third-order valence-electron chi connectivity index (χ3n) is 2.24. The monoisotopic (exact) mass is 224 g/mol. The number of hydrogen-bond donors (Lipinski definition) is 2. The van der Waals surface area contributed by atoms with E-state index >= 15 is 0 Å². The Hall–Kier alpha value is -1.36. The molecule has 0 unspecified atom stereocenters. The van der Waals surface area contributed by atoms with E-state index in [0.29, 0.717) is 6.54 Å². The lowest BCUT2D eigenvalue weighted by Gasteiger charge is -2.08. The van der Waals surface area contributed by atoms with Gasteiger partial charge in [0.05, 0.1) is 12.0 Å². The molecule has 0 aromatic carbocycles. The van der Waals surface area contributed by atoms with Crippen molar-refractivity contribution in [3.8, 4) is 0 Å². The van der Waals surface area contributed by atoms with Crippen molar-refractivity contribution < 1.29 is 4.79 Å². The van der Waals surface area contributed by atoms with Gasteiger partial charge in [0.25, 0.3) is 0 Å². The molecule has 1 heterocycles. The van der Waals surface area contributed by atoms with E-state index in [1.54, 1.807) is 0 Å². The number of hydrogen-bond acceptors (Lipinski definition) is 3. The molecule has 0 aliphatic carbocycles. The molecule has 0 saturated carbocycles. The quantitative estimate of drug-likeness (QED) is 0.664. The van der Waals surface area contributed by atoms with Gasteiger partial charge in [-0.2, -0.15) is 0 Å². The Morgan fingerprint density at radius 1 is 1.50 bits per heavy atom. The van der Waals surface area contributed by atoms with Crippen LogP contribution in [0.25, 0.3) is 0 Å². The highest BCUT2D eigenvalue weighted by molar-refractivity contribution is 5.72. The van der Waals surface area contributed by atoms with E-state index in [-0.39, 0.29) is 5.91 Å². The molecule has 0 atom stereocenters. The van der Waals surface area contributed by atoms with E-state index in [4.69, 9.17) is 0 Å². The van der Waals surface area contributed by atoms with Crippen molar-refractivity contribution in [1.29, 1.82) is 0 Å². The fourth-order valence-electron chi connectivity index (χ4n) is 1.48. The highest BCUT2D eigenvalue weighted by atomic mass is 16.1. The second kappa shape index (κ2) is 7.00. The molecule has 0 saturated heterocycles. The molecule has 1 aromatic heterocycles. The van der Waals surface area contributed by atoms with Crippen LogP contribution in [0.5, 0.6) is 0 Å². The molecule has 90 valence electrons. The van der Waals surface area contributed by atoms with Crippen molar-refractivity contribution in [3.05, 3.63) is 18.2 Å². The summed E-state index contributed by atoms with van der Waals surface area (Å²) in [4.78, 5) is 14.7. The van der Waals surface area contributed by atoms with Gasteiger partial charge in [-0.1, -0.05) is 6.92 Å². The van der Waals surface area contributed by atoms with E-state index in [9.17, 15) is 4.79 Å². The fourth-order valence-corrected chi connectivity index (χ4v) is 1.48. The van der Waals surface area contributed by atoms with E-state index in [2.05, 4.69) is 27.1 Å². The van der Waals surface area contributed by atoms with Gasteiger partial charge in [0.15, 0.2) is 0 Å². The van der Waals surface area contributed by atoms with Gasteiger partial charge in [-0.25, -0.2) is 4.98 Å². The topological polar surface area (TPSA) is 59.0 Å². The zero-order valence-electron chi connectivity index (χ0n) is 9.99. The Balaban J connectivity index is 2.21. The summed E-state index contributed by atoms with van der Waals surface area (Å²) in [6, 6.07) is 0. The van der Waals surface area contributed by atoms with Gasteiger partial charge in [-0.3, -0.25) is 4.79 Å². The molecule has 16 heavy (non-hydrogen) atoms. The van der Waals surface area contributed by atoms with Gasteiger partial charge in [0, 0.05) is 39.3 Å². The maximum absolute atomic E-state index is 10.6. The van der Waals surface area contributed by atoms with Crippen molar-refractivity contribution in [2.24, 2.45) is 0 Å². The second-order valence-corrected chi connectivity index (χ2v) is 3.74. The Morgan fingerprint density at radius 3 is 3.00 bits per heavy atom. The SMILES string of the molecule is CCCn1cncc1CNCCNC(C)=O. The normalized spacial score (nSPS) is 10.4. The fraction of sp³-hybridized carbons (Fsp3) is 0.636. The maximum Gasteiger partial charge on any atom is 0.216 e. The van der Waals surface area contributed by atoms with E-state index in [1.165, 1.54) is 12.6 Å². The number of aryl methyl sites for hydroxylation is 1. The average Bonchev–Trinajstić information content (AvgIpc) is 2.65. The number of amides is 1. The molecule has 0 aliphatic heterocycles. The third-order valence-corrected chi connectivity index (χ3v) is 2.24. The van der Waals surface area contributed by atoms with Crippen molar-refractivity contribution in [3.63, 3.8) is 0 Å². The first-order chi connectivity index (χ1) is 7.74. The number of nitrogens with zero attached hydrogens (tertiary/aromatic N) is 2. The lowest BCUT2D eigenvalue weighted by atomic mass is 10.4. The molecule has 5 heteroatoms. The summed E-state index contributed by atoms with van der Waals surface area (Å²) < 4.78 is 2.14. The number of carbonyl (C=O) groups is 1. The summed E-state index contributed by atoms with van der Waals surface area (Å²) in [5.74, 6) is 0.0119. The van der Waals surface area contributed by atoms with Crippen LogP contribution in [0.3, 0.4) is 0 Å². The minimum absolute atomic E-state index is 0.0119. The van der Waals surface area contributed by atoms with Crippen LogP contribution in [-0.2, 0) is 17.9 Å². The smallest absolute Gasteiger partial charge is 0.216 e. The van der Waals surface area contributed by atoms with Gasteiger partial charge in [-0.05, 0) is 6.42 Å². The van der Waals surface area contributed by atoms with Crippen LogP contribution < -0.4 is 10.6 Å². The minimum Gasteiger partial charge on any atom is -0.355 e. The number of nitrogens with one attached hydrogen (secondary N) is 2. The molecule has 0 fully saturated rings. The van der Waals surface area contributed by atoms with Gasteiger partial charge < -0.3 is 15.2 Å². The maximum atomic E-state index is 10.6. The van der Waals surface area contributed by atoms with Crippen LogP contribution in [0.15, 0.2) is 12.5 Å². The number of rotatable bonds is 7. The van der Waals surface area contributed by atoms with Crippen LogP contribution in [0.1, 0.15) is 26.0 Å². The van der Waals surface area contributed by atoms with E-state index < -0.39 is 0 Å². The molecule has 0 radical (unpaired) electrons. The third kappa shape index (κ3) is 4.44. The summed E-state index contributed by atoms with van der Waals surface area (Å²) >= 11 is 0. The molecule has 0 bridgehead atoms. The van der Waals surface area contributed by atoms with Crippen LogP contribution in [0.2, 0.25) is 0 Å². The Morgan fingerprint density at radius 2 is 2.31 bits per heavy atom. The van der Waals surface area contributed by atoms with Crippen molar-refractivity contribution >= 4 is 5.91 Å².